The molecule has 0 spiro atoms. The number of nitrogens with zero attached hydrogens (tertiary/aromatic N) is 2. The van der Waals surface area contributed by atoms with Crippen molar-refractivity contribution in [3.8, 4) is 5.75 Å². The van der Waals surface area contributed by atoms with E-state index >= 15 is 0 Å². The van der Waals surface area contributed by atoms with Crippen molar-refractivity contribution in [2.24, 2.45) is 0 Å². The maximum Gasteiger partial charge on any atom is 0.348 e. The minimum atomic E-state index is -0.770. The Morgan fingerprint density at radius 3 is 2.82 bits per heavy atom. The van der Waals surface area contributed by atoms with Gasteiger partial charge in [0.05, 0.1) is 24.9 Å². The quantitative estimate of drug-likeness (QED) is 0.672. The standard InChI is InChI=1S/C14H11ClN2O5/c1-22-13(20)10-4-8(2-3-11(10)18)12(19)7-17-6-9(15)5-16-14(17)21/h2-6,18H,7H2,1H3. The SMILES string of the molecule is COC(=O)c1cc(C(=O)Cn2cc(Cl)cnc2=O)ccc1O. The van der Waals surface area contributed by atoms with Crippen LogP contribution in [0.5, 0.6) is 5.75 Å². The van der Waals surface area contributed by atoms with Gasteiger partial charge in [0, 0.05) is 11.8 Å². The Labute approximate surface area is 129 Å². The summed E-state index contributed by atoms with van der Waals surface area (Å²) in [5.74, 6) is -1.52. The van der Waals surface area contributed by atoms with Gasteiger partial charge in [-0.3, -0.25) is 9.36 Å². The van der Waals surface area contributed by atoms with Gasteiger partial charge in [-0.15, -0.1) is 0 Å². The number of benzene rings is 1. The molecule has 0 atom stereocenters. The van der Waals surface area contributed by atoms with E-state index in [1.54, 1.807) is 0 Å². The zero-order chi connectivity index (χ0) is 16.3. The normalized spacial score (nSPS) is 10.3. The van der Waals surface area contributed by atoms with Crippen molar-refractivity contribution in [1.82, 2.24) is 9.55 Å². The van der Waals surface area contributed by atoms with Crippen molar-refractivity contribution in [2.45, 2.75) is 6.54 Å². The molecule has 1 heterocycles. The lowest BCUT2D eigenvalue weighted by molar-refractivity contribution is 0.0597. The van der Waals surface area contributed by atoms with E-state index in [4.69, 9.17) is 11.6 Å². The number of aromatic nitrogens is 2. The molecule has 1 aromatic carbocycles. The summed E-state index contributed by atoms with van der Waals surface area (Å²) in [6, 6.07) is 3.75. The number of hydrogen-bond acceptors (Lipinski definition) is 6. The van der Waals surface area contributed by atoms with E-state index in [-0.39, 0.29) is 28.4 Å². The van der Waals surface area contributed by atoms with Crippen LogP contribution in [-0.4, -0.2) is 33.5 Å². The summed E-state index contributed by atoms with van der Waals surface area (Å²) in [6.45, 7) is -0.294. The summed E-state index contributed by atoms with van der Waals surface area (Å²) in [4.78, 5) is 38.7. The molecule has 7 nitrogen and oxygen atoms in total. The number of esters is 1. The van der Waals surface area contributed by atoms with Crippen LogP contribution in [0.4, 0.5) is 0 Å². The Hall–Kier alpha value is -2.67. The Morgan fingerprint density at radius 2 is 2.14 bits per heavy atom. The molecule has 2 aromatic rings. The van der Waals surface area contributed by atoms with Crippen LogP contribution < -0.4 is 5.69 Å². The highest BCUT2D eigenvalue weighted by Crippen LogP contribution is 2.20. The van der Waals surface area contributed by atoms with E-state index < -0.39 is 17.4 Å². The molecule has 2 rings (SSSR count). The molecule has 22 heavy (non-hydrogen) atoms. The number of hydrogen-bond donors (Lipinski definition) is 1. The first-order chi connectivity index (χ1) is 10.4. The number of aromatic hydroxyl groups is 1. The summed E-state index contributed by atoms with van der Waals surface area (Å²) < 4.78 is 5.56. The summed E-state index contributed by atoms with van der Waals surface area (Å²) in [5.41, 5.74) is -0.611. The maximum atomic E-state index is 12.2. The average Bonchev–Trinajstić information content (AvgIpc) is 2.50. The third-order valence-electron chi connectivity index (χ3n) is 2.86. The number of halogens is 1. The zero-order valence-corrected chi connectivity index (χ0v) is 12.2. The van der Waals surface area contributed by atoms with E-state index in [0.29, 0.717) is 0 Å². The third kappa shape index (κ3) is 3.32. The lowest BCUT2D eigenvalue weighted by Gasteiger charge is -2.07. The van der Waals surface area contributed by atoms with Crippen molar-refractivity contribution in [3.05, 3.63) is 57.2 Å². The van der Waals surface area contributed by atoms with Crippen LogP contribution in [-0.2, 0) is 11.3 Å². The average molecular weight is 323 g/mol. The second kappa shape index (κ2) is 6.40. The number of rotatable bonds is 4. The van der Waals surface area contributed by atoms with Gasteiger partial charge in [0.1, 0.15) is 11.3 Å². The molecule has 114 valence electrons. The van der Waals surface area contributed by atoms with Crippen LogP contribution in [0.1, 0.15) is 20.7 Å². The molecule has 0 aliphatic heterocycles. The molecule has 1 N–H and O–H groups in total. The molecule has 0 saturated carbocycles. The van der Waals surface area contributed by atoms with Gasteiger partial charge >= 0.3 is 11.7 Å². The molecule has 0 aliphatic rings. The molecule has 8 heteroatoms. The van der Waals surface area contributed by atoms with Gasteiger partial charge in [0.2, 0.25) is 0 Å². The number of phenolic OH excluding ortho intramolecular Hbond substituents is 1. The molecule has 0 bridgehead atoms. The van der Waals surface area contributed by atoms with Crippen molar-refractivity contribution >= 4 is 23.4 Å². The Balaban J connectivity index is 2.32. The Bertz CT molecular complexity index is 800. The van der Waals surface area contributed by atoms with E-state index in [2.05, 4.69) is 9.72 Å². The molecule has 0 fully saturated rings. The van der Waals surface area contributed by atoms with Gasteiger partial charge in [-0.1, -0.05) is 11.6 Å². The van der Waals surface area contributed by atoms with E-state index in [1.165, 1.54) is 30.6 Å². The van der Waals surface area contributed by atoms with E-state index in [9.17, 15) is 19.5 Å². The van der Waals surface area contributed by atoms with Crippen LogP contribution in [0, 0.1) is 0 Å². The topological polar surface area (TPSA) is 98.5 Å². The molecule has 0 saturated heterocycles. The predicted molar refractivity (Wildman–Crippen MR) is 77.3 cm³/mol. The fourth-order valence-corrected chi connectivity index (χ4v) is 1.94. The highest BCUT2D eigenvalue weighted by Gasteiger charge is 2.16. The summed E-state index contributed by atoms with van der Waals surface area (Å²) >= 11 is 5.72. The number of carbonyl (C=O) groups excluding carboxylic acids is 2. The second-order valence-electron chi connectivity index (χ2n) is 4.33. The van der Waals surface area contributed by atoms with Gasteiger partial charge in [-0.2, -0.15) is 0 Å². The number of phenols is 1. The van der Waals surface area contributed by atoms with Crippen LogP contribution in [0.15, 0.2) is 35.4 Å². The van der Waals surface area contributed by atoms with Crippen LogP contribution in [0.2, 0.25) is 5.02 Å². The zero-order valence-electron chi connectivity index (χ0n) is 11.4. The number of Topliss-reactive ketones (excluding diaryl/α,β-unsaturated/α-hetero) is 1. The fraction of sp³-hybridized carbons (Fsp3) is 0.143. The first-order valence-corrected chi connectivity index (χ1v) is 6.46. The first-order valence-electron chi connectivity index (χ1n) is 6.09. The number of ketones is 1. The summed E-state index contributed by atoms with van der Waals surface area (Å²) in [7, 11) is 1.16. The van der Waals surface area contributed by atoms with Crippen molar-refractivity contribution in [3.63, 3.8) is 0 Å². The number of methoxy groups -OCH3 is 1. The van der Waals surface area contributed by atoms with E-state index in [1.807, 2.05) is 0 Å². The van der Waals surface area contributed by atoms with Crippen LogP contribution >= 0.6 is 11.6 Å². The highest BCUT2D eigenvalue weighted by molar-refractivity contribution is 6.30. The Morgan fingerprint density at radius 1 is 1.41 bits per heavy atom. The molecular formula is C14H11ClN2O5. The van der Waals surface area contributed by atoms with Gasteiger partial charge < -0.3 is 9.84 Å². The second-order valence-corrected chi connectivity index (χ2v) is 4.77. The minimum absolute atomic E-state index is 0.134. The molecular weight excluding hydrogens is 312 g/mol. The molecule has 0 radical (unpaired) electrons. The van der Waals surface area contributed by atoms with Gasteiger partial charge in [0.15, 0.2) is 5.78 Å². The monoisotopic (exact) mass is 322 g/mol. The summed E-state index contributed by atoms with van der Waals surface area (Å²) in [5, 5.41) is 9.81. The Kier molecular flexibility index (Phi) is 4.57. The lowest BCUT2D eigenvalue weighted by Crippen LogP contribution is -2.25. The third-order valence-corrected chi connectivity index (χ3v) is 3.06. The summed E-state index contributed by atoms with van der Waals surface area (Å²) in [6.07, 6.45) is 2.47. The van der Waals surface area contributed by atoms with Gasteiger partial charge in [0.25, 0.3) is 0 Å². The van der Waals surface area contributed by atoms with Crippen LogP contribution in [0.25, 0.3) is 0 Å². The molecule has 0 aliphatic carbocycles. The van der Waals surface area contributed by atoms with E-state index in [0.717, 1.165) is 11.7 Å². The van der Waals surface area contributed by atoms with Gasteiger partial charge in [-0.25, -0.2) is 14.6 Å². The number of ether oxygens (including phenoxy) is 1. The van der Waals surface area contributed by atoms with Crippen LogP contribution in [0.3, 0.4) is 0 Å². The maximum absolute atomic E-state index is 12.2. The van der Waals surface area contributed by atoms with Gasteiger partial charge in [-0.05, 0) is 18.2 Å². The van der Waals surface area contributed by atoms with Crippen molar-refractivity contribution in [2.75, 3.05) is 7.11 Å². The predicted octanol–water partition coefficient (Wildman–Crippen LogP) is 1.27. The molecule has 0 unspecified atom stereocenters. The first kappa shape index (κ1) is 15.7. The van der Waals surface area contributed by atoms with Crippen molar-refractivity contribution in [1.29, 1.82) is 0 Å². The highest BCUT2D eigenvalue weighted by atomic mass is 35.5. The lowest BCUT2D eigenvalue weighted by atomic mass is 10.1. The largest absolute Gasteiger partial charge is 0.507 e. The fourth-order valence-electron chi connectivity index (χ4n) is 1.77. The molecule has 1 aromatic heterocycles. The van der Waals surface area contributed by atoms with Crippen molar-refractivity contribution < 1.29 is 19.4 Å². The molecule has 0 amide bonds. The number of carbonyl (C=O) groups is 2. The minimum Gasteiger partial charge on any atom is -0.507 e. The smallest absolute Gasteiger partial charge is 0.348 e.